The van der Waals surface area contributed by atoms with E-state index in [4.69, 9.17) is 21.5 Å². The summed E-state index contributed by atoms with van der Waals surface area (Å²) in [5.74, 6) is 1.25. The van der Waals surface area contributed by atoms with E-state index in [9.17, 15) is 5.26 Å². The zero-order valence-electron chi connectivity index (χ0n) is 17.2. The van der Waals surface area contributed by atoms with Gasteiger partial charge >= 0.3 is 0 Å². The molecule has 1 atom stereocenters. The minimum atomic E-state index is -0.630. The Morgan fingerprint density at radius 1 is 1.31 bits per heavy atom. The van der Waals surface area contributed by atoms with Gasteiger partial charge in [0.25, 0.3) is 0 Å². The Labute approximate surface area is 183 Å². The van der Waals surface area contributed by atoms with Crippen LogP contribution >= 0.6 is 0 Å². The van der Waals surface area contributed by atoms with Gasteiger partial charge in [0.05, 0.1) is 18.8 Å². The summed E-state index contributed by atoms with van der Waals surface area (Å²) in [6.07, 6.45) is 5.41. The Kier molecular flexibility index (Phi) is 5.47. The molecule has 6 N–H and O–H groups in total. The molecule has 1 aromatic carbocycles. The van der Waals surface area contributed by atoms with Crippen molar-refractivity contribution < 1.29 is 4.74 Å². The first-order valence-electron chi connectivity index (χ1n) is 9.77. The molecule has 0 aliphatic carbocycles. The van der Waals surface area contributed by atoms with Crippen LogP contribution in [0.5, 0.6) is 5.75 Å². The lowest BCUT2D eigenvalue weighted by Crippen LogP contribution is -2.32. The Hall–Kier alpha value is -4.77. The zero-order chi connectivity index (χ0) is 22.7. The number of guanidine groups is 1. The number of fused-ring (bicyclic) bond motifs is 1. The first kappa shape index (κ1) is 20.5. The number of nitrogens with two attached hydrogens (primary N) is 2. The first-order valence-corrected chi connectivity index (χ1v) is 9.77. The molecule has 0 bridgehead atoms. The fourth-order valence-corrected chi connectivity index (χ4v) is 3.58. The number of anilines is 3. The molecule has 1 aliphatic heterocycles. The lowest BCUT2D eigenvalue weighted by atomic mass is 9.94. The van der Waals surface area contributed by atoms with Crippen LogP contribution in [-0.4, -0.2) is 27.3 Å². The third-order valence-corrected chi connectivity index (χ3v) is 4.95. The van der Waals surface area contributed by atoms with Crippen molar-refractivity contribution >= 4 is 23.3 Å². The molecule has 1 unspecified atom stereocenters. The molecule has 11 heteroatoms. The third-order valence-electron chi connectivity index (χ3n) is 4.95. The summed E-state index contributed by atoms with van der Waals surface area (Å²) >= 11 is 0. The standard InChI is InChI=1S/C21H20N10O/c1-2-32-15-5-4-12(8-13(15)10-31-7-3-6-27-31)18-16-17(24)14(9-22)19(25)29-20(16)30-21(28-18)26-11-23/h3-8,18H,2,10H2,1H3,(H6,24,25,26,28,29,30). The average Bonchev–Trinajstić information content (AvgIpc) is 3.28. The molecule has 3 heterocycles. The van der Waals surface area contributed by atoms with E-state index in [2.05, 4.69) is 25.7 Å². The minimum Gasteiger partial charge on any atom is -0.494 e. The van der Waals surface area contributed by atoms with Crippen molar-refractivity contribution in [3.63, 3.8) is 0 Å². The van der Waals surface area contributed by atoms with Gasteiger partial charge in [0.15, 0.2) is 6.19 Å². The van der Waals surface area contributed by atoms with E-state index in [0.29, 0.717) is 24.5 Å². The number of pyridine rings is 1. The van der Waals surface area contributed by atoms with E-state index in [0.717, 1.165) is 16.9 Å². The number of nitrogen functional groups attached to an aromatic ring is 2. The van der Waals surface area contributed by atoms with Gasteiger partial charge in [0, 0.05) is 23.5 Å². The summed E-state index contributed by atoms with van der Waals surface area (Å²) in [4.78, 5) is 8.88. The van der Waals surface area contributed by atoms with Crippen molar-refractivity contribution in [2.45, 2.75) is 19.5 Å². The SMILES string of the molecule is CCOc1ccc(C2N=C(NC#N)Nc3nc(N)c(C#N)c(N)c32)cc1Cn1cccn1. The highest BCUT2D eigenvalue weighted by molar-refractivity contribution is 5.98. The number of aromatic nitrogens is 3. The second-order valence-corrected chi connectivity index (χ2v) is 6.91. The molecule has 0 fully saturated rings. The van der Waals surface area contributed by atoms with Crippen molar-refractivity contribution in [1.82, 2.24) is 20.1 Å². The highest BCUT2D eigenvalue weighted by atomic mass is 16.5. The van der Waals surface area contributed by atoms with Crippen molar-refractivity contribution in [1.29, 1.82) is 10.5 Å². The lowest BCUT2D eigenvalue weighted by molar-refractivity contribution is 0.335. The van der Waals surface area contributed by atoms with Gasteiger partial charge in [-0.3, -0.25) is 10.00 Å². The van der Waals surface area contributed by atoms with Crippen LogP contribution in [0.2, 0.25) is 0 Å². The number of hydrogen-bond donors (Lipinski definition) is 4. The molecule has 160 valence electrons. The Bertz CT molecular complexity index is 1270. The maximum absolute atomic E-state index is 9.49. The normalized spacial score (nSPS) is 14.3. The van der Waals surface area contributed by atoms with Gasteiger partial charge in [0.1, 0.15) is 35.1 Å². The second kappa shape index (κ2) is 8.53. The Morgan fingerprint density at radius 3 is 2.84 bits per heavy atom. The molecule has 11 nitrogen and oxygen atoms in total. The van der Waals surface area contributed by atoms with Gasteiger partial charge in [0.2, 0.25) is 5.96 Å². The summed E-state index contributed by atoms with van der Waals surface area (Å²) in [6, 6.07) is 8.89. The van der Waals surface area contributed by atoms with Gasteiger partial charge in [-0.05, 0) is 30.7 Å². The molecular weight excluding hydrogens is 408 g/mol. The molecule has 0 radical (unpaired) electrons. The monoisotopic (exact) mass is 428 g/mol. The number of hydrogen-bond acceptors (Lipinski definition) is 10. The predicted molar refractivity (Wildman–Crippen MR) is 118 cm³/mol. The Morgan fingerprint density at radius 2 is 2.16 bits per heavy atom. The van der Waals surface area contributed by atoms with Gasteiger partial charge in [-0.2, -0.15) is 15.6 Å². The van der Waals surface area contributed by atoms with Crippen molar-refractivity contribution in [2.75, 3.05) is 23.4 Å². The molecule has 0 amide bonds. The summed E-state index contributed by atoms with van der Waals surface area (Å²) in [5, 5.41) is 28.2. The van der Waals surface area contributed by atoms with Crippen LogP contribution in [0.3, 0.4) is 0 Å². The van der Waals surface area contributed by atoms with Crippen LogP contribution in [0, 0.1) is 22.8 Å². The van der Waals surface area contributed by atoms with Crippen molar-refractivity contribution in [3.8, 4) is 18.0 Å². The smallest absolute Gasteiger partial charge is 0.211 e. The van der Waals surface area contributed by atoms with Crippen LogP contribution in [0.4, 0.5) is 17.3 Å². The topological polar surface area (TPSA) is 176 Å². The van der Waals surface area contributed by atoms with Gasteiger partial charge in [-0.15, -0.1) is 0 Å². The van der Waals surface area contributed by atoms with Crippen LogP contribution in [-0.2, 0) is 6.54 Å². The first-order chi connectivity index (χ1) is 15.5. The fourth-order valence-electron chi connectivity index (χ4n) is 3.58. The van der Waals surface area contributed by atoms with E-state index in [1.807, 2.05) is 49.6 Å². The summed E-state index contributed by atoms with van der Waals surface area (Å²) < 4.78 is 7.58. The molecule has 0 saturated heterocycles. The highest BCUT2D eigenvalue weighted by Gasteiger charge is 2.30. The average molecular weight is 428 g/mol. The highest BCUT2D eigenvalue weighted by Crippen LogP contribution is 2.41. The molecule has 0 spiro atoms. The van der Waals surface area contributed by atoms with Crippen molar-refractivity contribution in [2.24, 2.45) is 4.99 Å². The third kappa shape index (κ3) is 3.70. The fraction of sp³-hybridized carbons (Fsp3) is 0.190. The van der Waals surface area contributed by atoms with Gasteiger partial charge in [-0.1, -0.05) is 6.07 Å². The zero-order valence-corrected chi connectivity index (χ0v) is 17.2. The number of nitriles is 2. The molecule has 1 aliphatic rings. The summed E-state index contributed by atoms with van der Waals surface area (Å²) in [7, 11) is 0. The number of nitrogens with zero attached hydrogens (tertiary/aromatic N) is 6. The van der Waals surface area contributed by atoms with E-state index in [1.165, 1.54) is 0 Å². The molecule has 0 saturated carbocycles. The summed E-state index contributed by atoms with van der Waals surface area (Å²) in [6.45, 7) is 2.91. The number of aliphatic imine (C=N–C) groups is 1. The number of ether oxygens (including phenoxy) is 1. The second-order valence-electron chi connectivity index (χ2n) is 6.91. The predicted octanol–water partition coefficient (Wildman–Crippen LogP) is 1.70. The van der Waals surface area contributed by atoms with Crippen LogP contribution in [0.15, 0.2) is 41.7 Å². The Balaban J connectivity index is 1.86. The quantitative estimate of drug-likeness (QED) is 0.348. The summed E-state index contributed by atoms with van der Waals surface area (Å²) in [5.41, 5.74) is 14.7. The molecule has 4 rings (SSSR count). The number of nitrogens with one attached hydrogen (secondary N) is 2. The lowest BCUT2D eigenvalue weighted by Gasteiger charge is -2.26. The van der Waals surface area contributed by atoms with Crippen molar-refractivity contribution in [3.05, 3.63) is 58.9 Å². The van der Waals surface area contributed by atoms with E-state index >= 15 is 0 Å². The van der Waals surface area contributed by atoms with E-state index < -0.39 is 6.04 Å². The maximum atomic E-state index is 9.49. The maximum Gasteiger partial charge on any atom is 0.211 e. The van der Waals surface area contributed by atoms with Crippen LogP contribution < -0.4 is 26.8 Å². The van der Waals surface area contributed by atoms with E-state index in [-0.39, 0.29) is 23.0 Å². The van der Waals surface area contributed by atoms with Gasteiger partial charge in [-0.25, -0.2) is 9.98 Å². The van der Waals surface area contributed by atoms with E-state index in [1.54, 1.807) is 10.9 Å². The van der Waals surface area contributed by atoms with Gasteiger partial charge < -0.3 is 21.5 Å². The minimum absolute atomic E-state index is 0.000674. The molecule has 2 aromatic heterocycles. The molecule has 32 heavy (non-hydrogen) atoms. The van der Waals surface area contributed by atoms with Crippen LogP contribution in [0.1, 0.15) is 35.2 Å². The largest absolute Gasteiger partial charge is 0.494 e. The number of benzene rings is 1. The molecule has 3 aromatic rings. The van der Waals surface area contributed by atoms with Crippen LogP contribution in [0.25, 0.3) is 0 Å². The number of rotatable bonds is 5. The molecular formula is C21H20N10O.